The minimum Gasteiger partial charge on any atom is -0.497 e. The van der Waals surface area contributed by atoms with Gasteiger partial charge in [0, 0.05) is 17.0 Å². The lowest BCUT2D eigenvalue weighted by Crippen LogP contribution is -2.12. The first kappa shape index (κ1) is 17.8. The standard InChI is InChI=1S/C19H15BrN2O4/c1-24-11-4-5-12-15(8-11)22-19(23)13(9-21)17(12)10-6-14(20)18(26-3)16(7-10)25-2/h4-8H,1-3H3,(H,22,23). The number of aromatic nitrogens is 1. The summed E-state index contributed by atoms with van der Waals surface area (Å²) in [4.78, 5) is 15.2. The number of H-pyrrole nitrogens is 1. The minimum atomic E-state index is -0.464. The molecule has 26 heavy (non-hydrogen) atoms. The summed E-state index contributed by atoms with van der Waals surface area (Å²) in [5.74, 6) is 1.63. The van der Waals surface area contributed by atoms with Gasteiger partial charge in [-0.1, -0.05) is 0 Å². The molecule has 0 aliphatic rings. The van der Waals surface area contributed by atoms with Crippen LogP contribution in [-0.4, -0.2) is 26.3 Å². The monoisotopic (exact) mass is 414 g/mol. The number of nitrogens with zero attached hydrogens (tertiary/aromatic N) is 1. The van der Waals surface area contributed by atoms with Crippen molar-refractivity contribution in [3.05, 3.63) is 50.7 Å². The average molecular weight is 415 g/mol. The van der Waals surface area contributed by atoms with Gasteiger partial charge in [-0.15, -0.1) is 0 Å². The summed E-state index contributed by atoms with van der Waals surface area (Å²) in [5, 5.41) is 10.3. The first-order chi connectivity index (χ1) is 12.5. The van der Waals surface area contributed by atoms with Gasteiger partial charge in [-0.3, -0.25) is 4.79 Å². The van der Waals surface area contributed by atoms with Gasteiger partial charge in [0.15, 0.2) is 11.5 Å². The van der Waals surface area contributed by atoms with Gasteiger partial charge >= 0.3 is 0 Å². The number of methoxy groups -OCH3 is 3. The second-order valence-corrected chi connectivity index (χ2v) is 6.28. The summed E-state index contributed by atoms with van der Waals surface area (Å²) in [5.41, 5.74) is 1.33. The highest BCUT2D eigenvalue weighted by Crippen LogP contribution is 2.41. The Kier molecular flexibility index (Phi) is 4.87. The van der Waals surface area contributed by atoms with Crippen LogP contribution in [0.4, 0.5) is 0 Å². The first-order valence-corrected chi connectivity index (χ1v) is 8.39. The van der Waals surface area contributed by atoms with E-state index in [0.717, 1.165) is 5.39 Å². The summed E-state index contributed by atoms with van der Waals surface area (Å²) in [7, 11) is 4.62. The molecule has 1 N–H and O–H groups in total. The lowest BCUT2D eigenvalue weighted by molar-refractivity contribution is 0.353. The van der Waals surface area contributed by atoms with Crippen molar-refractivity contribution in [3.63, 3.8) is 0 Å². The fourth-order valence-electron chi connectivity index (χ4n) is 2.87. The zero-order chi connectivity index (χ0) is 18.8. The normalized spacial score (nSPS) is 10.4. The first-order valence-electron chi connectivity index (χ1n) is 7.60. The van der Waals surface area contributed by atoms with Crippen molar-refractivity contribution in [2.75, 3.05) is 21.3 Å². The molecule has 0 fully saturated rings. The summed E-state index contributed by atoms with van der Waals surface area (Å²) in [6.45, 7) is 0. The molecule has 6 nitrogen and oxygen atoms in total. The molecule has 0 aliphatic heterocycles. The molecule has 0 amide bonds. The molecular weight excluding hydrogens is 400 g/mol. The van der Waals surface area contributed by atoms with Gasteiger partial charge in [-0.25, -0.2) is 0 Å². The molecule has 0 saturated carbocycles. The van der Waals surface area contributed by atoms with Gasteiger partial charge in [-0.2, -0.15) is 5.26 Å². The molecule has 0 radical (unpaired) electrons. The molecule has 7 heteroatoms. The van der Waals surface area contributed by atoms with Crippen LogP contribution in [-0.2, 0) is 0 Å². The number of rotatable bonds is 4. The van der Waals surface area contributed by atoms with Crippen molar-refractivity contribution in [2.24, 2.45) is 0 Å². The lowest BCUT2D eigenvalue weighted by Gasteiger charge is -2.14. The van der Waals surface area contributed by atoms with E-state index >= 15 is 0 Å². The van der Waals surface area contributed by atoms with Crippen molar-refractivity contribution in [1.29, 1.82) is 5.26 Å². The van der Waals surface area contributed by atoms with Crippen molar-refractivity contribution >= 4 is 26.8 Å². The Hall–Kier alpha value is -2.98. The van der Waals surface area contributed by atoms with Crippen LogP contribution >= 0.6 is 15.9 Å². The van der Waals surface area contributed by atoms with Crippen LogP contribution in [0.1, 0.15) is 5.56 Å². The number of hydrogen-bond donors (Lipinski definition) is 1. The maximum atomic E-state index is 12.4. The van der Waals surface area contributed by atoms with Crippen LogP contribution in [0.5, 0.6) is 17.2 Å². The number of nitriles is 1. The molecule has 0 spiro atoms. The molecule has 3 rings (SSSR count). The largest absolute Gasteiger partial charge is 0.497 e. The molecule has 1 heterocycles. The van der Waals surface area contributed by atoms with Crippen LogP contribution in [0, 0.1) is 11.3 Å². The van der Waals surface area contributed by atoms with E-state index in [1.165, 1.54) is 14.2 Å². The van der Waals surface area contributed by atoms with E-state index in [4.69, 9.17) is 14.2 Å². The van der Waals surface area contributed by atoms with E-state index in [1.807, 2.05) is 12.1 Å². The number of hydrogen-bond acceptors (Lipinski definition) is 5. The van der Waals surface area contributed by atoms with Crippen LogP contribution in [0.25, 0.3) is 22.0 Å². The van der Waals surface area contributed by atoms with Gasteiger partial charge in [0.1, 0.15) is 17.4 Å². The predicted molar refractivity (Wildman–Crippen MR) is 102 cm³/mol. The number of fused-ring (bicyclic) bond motifs is 1. The molecular formula is C19H15BrN2O4. The number of pyridine rings is 1. The Labute approximate surface area is 158 Å². The highest BCUT2D eigenvalue weighted by atomic mass is 79.9. The summed E-state index contributed by atoms with van der Waals surface area (Å²) in [6, 6.07) is 10.8. The second-order valence-electron chi connectivity index (χ2n) is 5.42. The lowest BCUT2D eigenvalue weighted by atomic mass is 9.96. The number of aromatic amines is 1. The molecule has 3 aromatic rings. The molecule has 2 aromatic carbocycles. The Bertz CT molecular complexity index is 1100. The smallest absolute Gasteiger partial charge is 0.266 e. The zero-order valence-electron chi connectivity index (χ0n) is 14.3. The molecule has 1 aromatic heterocycles. The number of nitrogens with one attached hydrogen (secondary N) is 1. The van der Waals surface area contributed by atoms with Gasteiger partial charge in [-0.05, 0) is 45.8 Å². The predicted octanol–water partition coefficient (Wildman–Crippen LogP) is 3.86. The highest BCUT2D eigenvalue weighted by Gasteiger charge is 2.18. The fourth-order valence-corrected chi connectivity index (χ4v) is 3.48. The van der Waals surface area contributed by atoms with Gasteiger partial charge < -0.3 is 19.2 Å². The highest BCUT2D eigenvalue weighted by molar-refractivity contribution is 9.10. The third-order valence-electron chi connectivity index (χ3n) is 4.06. The van der Waals surface area contributed by atoms with E-state index in [-0.39, 0.29) is 5.56 Å². The Balaban J connectivity index is 2.42. The van der Waals surface area contributed by atoms with Crippen molar-refractivity contribution in [2.45, 2.75) is 0 Å². The number of ether oxygens (including phenoxy) is 3. The van der Waals surface area contributed by atoms with Crippen molar-refractivity contribution < 1.29 is 14.2 Å². The van der Waals surface area contributed by atoms with Crippen molar-refractivity contribution in [1.82, 2.24) is 4.98 Å². The van der Waals surface area contributed by atoms with Crippen LogP contribution < -0.4 is 19.8 Å². The quantitative estimate of drug-likeness (QED) is 0.700. The zero-order valence-corrected chi connectivity index (χ0v) is 15.9. The molecule has 0 aliphatic carbocycles. The topological polar surface area (TPSA) is 84.3 Å². The van der Waals surface area contributed by atoms with Gasteiger partial charge in [0.2, 0.25) is 0 Å². The van der Waals surface area contributed by atoms with Gasteiger partial charge in [0.25, 0.3) is 5.56 Å². The Morgan fingerprint density at radius 1 is 1.08 bits per heavy atom. The SMILES string of the molecule is COc1ccc2c(-c3cc(Br)c(OC)c(OC)c3)c(C#N)c(=O)[nH]c2c1. The molecule has 0 unspecified atom stereocenters. The van der Waals surface area contributed by atoms with E-state index in [9.17, 15) is 10.1 Å². The third-order valence-corrected chi connectivity index (χ3v) is 4.64. The van der Waals surface area contributed by atoms with E-state index in [2.05, 4.69) is 20.9 Å². The Morgan fingerprint density at radius 2 is 1.85 bits per heavy atom. The molecule has 0 saturated heterocycles. The Morgan fingerprint density at radius 3 is 2.46 bits per heavy atom. The maximum absolute atomic E-state index is 12.4. The van der Waals surface area contributed by atoms with E-state index in [0.29, 0.717) is 38.4 Å². The summed E-state index contributed by atoms with van der Waals surface area (Å²) >= 11 is 3.45. The van der Waals surface area contributed by atoms with Crippen LogP contribution in [0.2, 0.25) is 0 Å². The van der Waals surface area contributed by atoms with Gasteiger partial charge in [0.05, 0.1) is 31.3 Å². The number of benzene rings is 2. The van der Waals surface area contributed by atoms with Crippen molar-refractivity contribution in [3.8, 4) is 34.4 Å². The second kappa shape index (κ2) is 7.10. The van der Waals surface area contributed by atoms with Crippen LogP contribution in [0.3, 0.4) is 0 Å². The molecule has 0 bridgehead atoms. The number of halogens is 1. The molecule has 0 atom stereocenters. The summed E-state index contributed by atoms with van der Waals surface area (Å²) in [6.07, 6.45) is 0. The molecule has 132 valence electrons. The minimum absolute atomic E-state index is 0.0294. The average Bonchev–Trinajstić information content (AvgIpc) is 2.65. The van der Waals surface area contributed by atoms with E-state index < -0.39 is 5.56 Å². The van der Waals surface area contributed by atoms with E-state index in [1.54, 1.807) is 31.4 Å². The fraction of sp³-hybridized carbons (Fsp3) is 0.158. The maximum Gasteiger partial charge on any atom is 0.266 e. The van der Waals surface area contributed by atoms with Crippen LogP contribution in [0.15, 0.2) is 39.6 Å². The third kappa shape index (κ3) is 2.89. The summed E-state index contributed by atoms with van der Waals surface area (Å²) < 4.78 is 16.6.